The maximum absolute atomic E-state index is 12.5. The standard InChI is InChI=1S/C16H14ClNO5S/c1-10(19)11-3-6-13(7-4-11)24(21,22)18-15-9-12(17)5-8-14(15)16(20)23-2/h3-9,18H,1-2H3. The number of benzene rings is 2. The van der Waals surface area contributed by atoms with Crippen LogP contribution in [0.2, 0.25) is 5.02 Å². The Kier molecular flexibility index (Phi) is 5.26. The second-order valence-corrected chi connectivity index (χ2v) is 6.99. The average Bonchev–Trinajstić information content (AvgIpc) is 2.54. The van der Waals surface area contributed by atoms with E-state index < -0.39 is 16.0 Å². The van der Waals surface area contributed by atoms with Crippen LogP contribution < -0.4 is 4.72 Å². The predicted octanol–water partition coefficient (Wildman–Crippen LogP) is 3.13. The van der Waals surface area contributed by atoms with Crippen LogP contribution in [0, 0.1) is 0 Å². The summed E-state index contributed by atoms with van der Waals surface area (Å²) in [5.74, 6) is -0.869. The van der Waals surface area contributed by atoms with Gasteiger partial charge in [-0.1, -0.05) is 23.7 Å². The zero-order chi connectivity index (χ0) is 17.9. The molecule has 126 valence electrons. The summed E-state index contributed by atoms with van der Waals surface area (Å²) in [6.07, 6.45) is 0. The van der Waals surface area contributed by atoms with E-state index in [9.17, 15) is 18.0 Å². The molecule has 0 aliphatic carbocycles. The van der Waals surface area contributed by atoms with Crippen molar-refractivity contribution in [1.29, 1.82) is 0 Å². The zero-order valence-corrected chi connectivity index (χ0v) is 14.4. The van der Waals surface area contributed by atoms with Crippen molar-refractivity contribution >= 4 is 39.1 Å². The molecule has 0 spiro atoms. The van der Waals surface area contributed by atoms with Gasteiger partial charge >= 0.3 is 5.97 Å². The van der Waals surface area contributed by atoms with Crippen molar-refractivity contribution in [2.24, 2.45) is 0 Å². The van der Waals surface area contributed by atoms with Crippen LogP contribution in [0.15, 0.2) is 47.4 Å². The molecule has 0 saturated heterocycles. The molecule has 0 saturated carbocycles. The number of ether oxygens (including phenoxy) is 1. The van der Waals surface area contributed by atoms with Crippen LogP contribution in [-0.4, -0.2) is 27.3 Å². The van der Waals surface area contributed by atoms with Gasteiger partial charge in [0.1, 0.15) is 0 Å². The fourth-order valence-electron chi connectivity index (χ4n) is 1.96. The van der Waals surface area contributed by atoms with Crippen LogP contribution in [0.5, 0.6) is 0 Å². The Morgan fingerprint density at radius 1 is 1.08 bits per heavy atom. The Morgan fingerprint density at radius 3 is 2.25 bits per heavy atom. The number of halogens is 1. The molecule has 2 aromatic rings. The third kappa shape index (κ3) is 3.93. The summed E-state index contributed by atoms with van der Waals surface area (Å²) < 4.78 is 31.9. The highest BCUT2D eigenvalue weighted by Gasteiger charge is 2.19. The minimum atomic E-state index is -3.96. The number of carbonyl (C=O) groups excluding carboxylic acids is 2. The number of esters is 1. The quantitative estimate of drug-likeness (QED) is 0.647. The van der Waals surface area contributed by atoms with E-state index in [4.69, 9.17) is 11.6 Å². The highest BCUT2D eigenvalue weighted by Crippen LogP contribution is 2.25. The Bertz CT molecular complexity index is 891. The lowest BCUT2D eigenvalue weighted by atomic mass is 10.2. The molecule has 1 N–H and O–H groups in total. The molecular formula is C16H14ClNO5S. The van der Waals surface area contributed by atoms with E-state index in [1.807, 2.05) is 0 Å². The number of methoxy groups -OCH3 is 1. The number of hydrogen-bond donors (Lipinski definition) is 1. The molecule has 0 heterocycles. The monoisotopic (exact) mass is 367 g/mol. The molecule has 0 amide bonds. The Labute approximate surface area is 144 Å². The minimum Gasteiger partial charge on any atom is -0.465 e. The molecule has 8 heteroatoms. The van der Waals surface area contributed by atoms with Gasteiger partial charge in [-0.25, -0.2) is 13.2 Å². The lowest BCUT2D eigenvalue weighted by molar-refractivity contribution is 0.0602. The lowest BCUT2D eigenvalue weighted by Crippen LogP contribution is -2.16. The van der Waals surface area contributed by atoms with Gasteiger partial charge in [-0.15, -0.1) is 0 Å². The lowest BCUT2D eigenvalue weighted by Gasteiger charge is -2.12. The number of anilines is 1. The van der Waals surface area contributed by atoms with E-state index in [1.54, 1.807) is 0 Å². The second kappa shape index (κ2) is 7.02. The van der Waals surface area contributed by atoms with Gasteiger partial charge in [-0.3, -0.25) is 9.52 Å². The first-order valence-electron chi connectivity index (χ1n) is 6.76. The Morgan fingerprint density at radius 2 is 1.71 bits per heavy atom. The SMILES string of the molecule is COC(=O)c1ccc(Cl)cc1NS(=O)(=O)c1ccc(C(C)=O)cc1. The summed E-state index contributed by atoms with van der Waals surface area (Å²) in [6, 6.07) is 9.57. The first kappa shape index (κ1) is 18.0. The molecule has 0 fully saturated rings. The molecule has 2 aromatic carbocycles. The molecular weight excluding hydrogens is 354 g/mol. The van der Waals surface area contributed by atoms with E-state index in [0.29, 0.717) is 5.56 Å². The van der Waals surface area contributed by atoms with Gasteiger partial charge < -0.3 is 4.74 Å². The van der Waals surface area contributed by atoms with E-state index in [1.165, 1.54) is 56.5 Å². The fraction of sp³-hybridized carbons (Fsp3) is 0.125. The van der Waals surface area contributed by atoms with Crippen LogP contribution in [0.3, 0.4) is 0 Å². The van der Waals surface area contributed by atoms with Gasteiger partial charge in [0.25, 0.3) is 10.0 Å². The van der Waals surface area contributed by atoms with Gasteiger partial charge in [0.2, 0.25) is 0 Å². The Hall–Kier alpha value is -2.38. The molecule has 0 aliphatic rings. The van der Waals surface area contributed by atoms with Crippen molar-refractivity contribution < 1.29 is 22.7 Å². The summed E-state index contributed by atoms with van der Waals surface area (Å²) in [7, 11) is -2.77. The van der Waals surface area contributed by atoms with Crippen LogP contribution in [0.25, 0.3) is 0 Å². The first-order valence-corrected chi connectivity index (χ1v) is 8.62. The van der Waals surface area contributed by atoms with Crippen molar-refractivity contribution in [3.8, 4) is 0 Å². The zero-order valence-electron chi connectivity index (χ0n) is 12.9. The Balaban J connectivity index is 2.40. The number of carbonyl (C=O) groups is 2. The summed E-state index contributed by atoms with van der Waals surface area (Å²) in [5.41, 5.74) is 0.433. The summed E-state index contributed by atoms with van der Waals surface area (Å²) in [5, 5.41) is 0.257. The van der Waals surface area contributed by atoms with Crippen LogP contribution in [0.1, 0.15) is 27.6 Å². The highest BCUT2D eigenvalue weighted by molar-refractivity contribution is 7.92. The second-order valence-electron chi connectivity index (χ2n) is 4.87. The maximum atomic E-state index is 12.5. The minimum absolute atomic E-state index is 0.00462. The van der Waals surface area contributed by atoms with Crippen molar-refractivity contribution in [2.75, 3.05) is 11.8 Å². The molecule has 6 nitrogen and oxygen atoms in total. The van der Waals surface area contributed by atoms with Gasteiger partial charge in [0.05, 0.1) is 23.3 Å². The molecule has 0 aromatic heterocycles. The van der Waals surface area contributed by atoms with Crippen molar-refractivity contribution in [3.63, 3.8) is 0 Å². The number of rotatable bonds is 5. The smallest absolute Gasteiger partial charge is 0.339 e. The summed E-state index contributed by atoms with van der Waals surface area (Å²) in [4.78, 5) is 23.0. The third-order valence-corrected chi connectivity index (χ3v) is 4.82. The van der Waals surface area contributed by atoms with E-state index in [2.05, 4.69) is 9.46 Å². The number of ketones is 1. The van der Waals surface area contributed by atoms with Crippen molar-refractivity contribution in [1.82, 2.24) is 0 Å². The molecule has 0 unspecified atom stereocenters. The fourth-order valence-corrected chi connectivity index (χ4v) is 3.20. The van der Waals surface area contributed by atoms with Gasteiger partial charge in [-0.2, -0.15) is 0 Å². The highest BCUT2D eigenvalue weighted by atomic mass is 35.5. The molecule has 24 heavy (non-hydrogen) atoms. The first-order chi connectivity index (χ1) is 11.2. The van der Waals surface area contributed by atoms with Gasteiger partial charge in [0.15, 0.2) is 5.78 Å². The normalized spacial score (nSPS) is 11.0. The van der Waals surface area contributed by atoms with Gasteiger partial charge in [-0.05, 0) is 37.3 Å². The number of sulfonamides is 1. The van der Waals surface area contributed by atoms with Crippen LogP contribution in [0.4, 0.5) is 5.69 Å². The van der Waals surface area contributed by atoms with Crippen molar-refractivity contribution in [3.05, 3.63) is 58.6 Å². The van der Waals surface area contributed by atoms with Crippen LogP contribution >= 0.6 is 11.6 Å². The van der Waals surface area contributed by atoms with Crippen molar-refractivity contribution in [2.45, 2.75) is 11.8 Å². The third-order valence-electron chi connectivity index (χ3n) is 3.20. The van der Waals surface area contributed by atoms with E-state index in [0.717, 1.165) is 0 Å². The topological polar surface area (TPSA) is 89.5 Å². The largest absolute Gasteiger partial charge is 0.465 e. The molecule has 2 rings (SSSR count). The number of Topliss-reactive ketones (excluding diaryl/α,β-unsaturated/α-hetero) is 1. The predicted molar refractivity (Wildman–Crippen MR) is 90.0 cm³/mol. The number of hydrogen-bond acceptors (Lipinski definition) is 5. The van der Waals surface area contributed by atoms with E-state index in [-0.39, 0.29) is 27.0 Å². The summed E-state index contributed by atoms with van der Waals surface area (Å²) >= 11 is 5.87. The average molecular weight is 368 g/mol. The number of nitrogens with one attached hydrogen (secondary N) is 1. The van der Waals surface area contributed by atoms with E-state index >= 15 is 0 Å². The van der Waals surface area contributed by atoms with Crippen LogP contribution in [-0.2, 0) is 14.8 Å². The molecule has 0 aliphatic heterocycles. The summed E-state index contributed by atoms with van der Waals surface area (Å²) in [6.45, 7) is 1.39. The molecule has 0 radical (unpaired) electrons. The molecule has 0 atom stereocenters. The van der Waals surface area contributed by atoms with Gasteiger partial charge in [0, 0.05) is 10.6 Å². The molecule has 0 bridgehead atoms. The maximum Gasteiger partial charge on any atom is 0.339 e.